The van der Waals surface area contributed by atoms with Gasteiger partial charge in [-0.2, -0.15) is 0 Å². The fraction of sp³-hybridized carbons (Fsp3) is 0.471. The van der Waals surface area contributed by atoms with E-state index in [4.69, 9.17) is 9.72 Å². The van der Waals surface area contributed by atoms with E-state index in [1.54, 1.807) is 11.3 Å². The summed E-state index contributed by atoms with van der Waals surface area (Å²) in [4.78, 5) is 8.04. The number of likely N-dealkylation sites (N-methyl/N-ethyl adjacent to an activating group) is 1. The van der Waals surface area contributed by atoms with Gasteiger partial charge in [0.2, 0.25) is 0 Å². The van der Waals surface area contributed by atoms with E-state index in [2.05, 4.69) is 34.6 Å². The molecular weight excluding hydrogens is 308 g/mol. The predicted octanol–water partition coefficient (Wildman–Crippen LogP) is 3.07. The number of anilines is 1. The molecule has 1 atom stereocenters. The van der Waals surface area contributed by atoms with Gasteiger partial charge in [-0.3, -0.25) is 0 Å². The van der Waals surface area contributed by atoms with Crippen LogP contribution < -0.4 is 15.4 Å². The number of aromatic nitrogens is 1. The highest BCUT2D eigenvalue weighted by molar-refractivity contribution is 7.16. The number of ether oxygens (including phenoxy) is 1. The summed E-state index contributed by atoms with van der Waals surface area (Å²) < 4.78 is 5.75. The van der Waals surface area contributed by atoms with Crippen molar-refractivity contribution in [1.29, 1.82) is 0 Å². The Morgan fingerprint density at radius 2 is 1.91 bits per heavy atom. The molecule has 0 aliphatic carbocycles. The van der Waals surface area contributed by atoms with E-state index in [9.17, 15) is 0 Å². The van der Waals surface area contributed by atoms with Crippen molar-refractivity contribution in [2.24, 2.45) is 0 Å². The second-order valence-corrected chi connectivity index (χ2v) is 6.70. The van der Waals surface area contributed by atoms with Crippen molar-refractivity contribution in [1.82, 2.24) is 15.2 Å². The highest BCUT2D eigenvalue weighted by atomic mass is 32.1. The minimum absolute atomic E-state index is 0.264. The van der Waals surface area contributed by atoms with Crippen molar-refractivity contribution in [2.75, 3.05) is 46.7 Å². The van der Waals surface area contributed by atoms with Crippen molar-refractivity contribution in [3.63, 3.8) is 0 Å². The van der Waals surface area contributed by atoms with E-state index < -0.39 is 0 Å². The van der Waals surface area contributed by atoms with Crippen LogP contribution in [0.15, 0.2) is 24.3 Å². The Balaban J connectivity index is 2.17. The van der Waals surface area contributed by atoms with Gasteiger partial charge in [0, 0.05) is 25.2 Å². The second kappa shape index (κ2) is 8.29. The zero-order valence-corrected chi connectivity index (χ0v) is 15.3. The van der Waals surface area contributed by atoms with Crippen LogP contribution in [-0.4, -0.2) is 51.2 Å². The molecule has 1 aromatic heterocycles. The summed E-state index contributed by atoms with van der Waals surface area (Å²) in [6, 6.07) is 8.44. The second-order valence-electron chi connectivity index (χ2n) is 5.67. The molecule has 2 aromatic rings. The molecule has 0 amide bonds. The molecular formula is C17H26N4OS. The van der Waals surface area contributed by atoms with E-state index >= 15 is 0 Å². The fourth-order valence-corrected chi connectivity index (χ4v) is 3.13. The molecule has 23 heavy (non-hydrogen) atoms. The first kappa shape index (κ1) is 17.7. The summed E-state index contributed by atoms with van der Waals surface area (Å²) in [7, 11) is 7.95. The van der Waals surface area contributed by atoms with Crippen LogP contribution in [0.25, 0.3) is 11.3 Å². The van der Waals surface area contributed by atoms with Gasteiger partial charge in [-0.1, -0.05) is 11.3 Å². The van der Waals surface area contributed by atoms with Crippen molar-refractivity contribution in [2.45, 2.75) is 13.0 Å². The molecule has 0 spiro atoms. The van der Waals surface area contributed by atoms with Gasteiger partial charge in [-0.05, 0) is 52.3 Å². The maximum absolute atomic E-state index is 5.75. The lowest BCUT2D eigenvalue weighted by atomic mass is 10.1. The third kappa shape index (κ3) is 4.67. The molecule has 0 saturated carbocycles. The molecule has 1 aromatic carbocycles. The van der Waals surface area contributed by atoms with Crippen LogP contribution >= 0.6 is 11.3 Å². The Morgan fingerprint density at radius 3 is 2.48 bits per heavy atom. The standard InChI is InChI=1S/C17H26N4OS/c1-12(18-2)16-15(20-17(19-3)23-16)13-6-8-14(9-7-13)22-11-10-21(4)5/h6-9,12,18H,10-11H2,1-5H3,(H,19,20). The molecule has 0 aliphatic heterocycles. The summed E-state index contributed by atoms with van der Waals surface area (Å²) in [5, 5.41) is 7.36. The third-order valence-electron chi connectivity index (χ3n) is 3.63. The summed E-state index contributed by atoms with van der Waals surface area (Å²) >= 11 is 1.69. The van der Waals surface area contributed by atoms with Crippen LogP contribution in [0.3, 0.4) is 0 Å². The van der Waals surface area contributed by atoms with Gasteiger partial charge >= 0.3 is 0 Å². The van der Waals surface area contributed by atoms with Crippen molar-refractivity contribution in [3.8, 4) is 17.0 Å². The summed E-state index contributed by atoms with van der Waals surface area (Å²) in [5.41, 5.74) is 2.14. The van der Waals surface area contributed by atoms with Crippen LogP contribution in [0.2, 0.25) is 0 Å². The molecule has 1 unspecified atom stereocenters. The van der Waals surface area contributed by atoms with Crippen LogP contribution in [0.1, 0.15) is 17.8 Å². The van der Waals surface area contributed by atoms with E-state index in [0.29, 0.717) is 6.61 Å². The number of nitrogens with one attached hydrogen (secondary N) is 2. The Bertz CT molecular complexity index is 610. The van der Waals surface area contributed by atoms with E-state index in [1.165, 1.54) is 4.88 Å². The van der Waals surface area contributed by atoms with Gasteiger partial charge < -0.3 is 20.3 Å². The molecule has 0 saturated heterocycles. The normalized spacial score (nSPS) is 12.4. The van der Waals surface area contributed by atoms with Gasteiger partial charge in [0.1, 0.15) is 12.4 Å². The monoisotopic (exact) mass is 334 g/mol. The number of thiazole rings is 1. The SMILES string of the molecule is CNc1nc(-c2ccc(OCCN(C)C)cc2)c(C(C)NC)s1. The lowest BCUT2D eigenvalue weighted by Crippen LogP contribution is -2.19. The lowest BCUT2D eigenvalue weighted by molar-refractivity contribution is 0.261. The first-order chi connectivity index (χ1) is 11.0. The smallest absolute Gasteiger partial charge is 0.183 e. The van der Waals surface area contributed by atoms with Gasteiger partial charge in [-0.25, -0.2) is 4.98 Å². The molecule has 0 radical (unpaired) electrons. The number of hydrogen-bond donors (Lipinski definition) is 2. The Hall–Kier alpha value is -1.63. The van der Waals surface area contributed by atoms with Crippen molar-refractivity contribution >= 4 is 16.5 Å². The third-order valence-corrected chi connectivity index (χ3v) is 4.88. The maximum atomic E-state index is 5.75. The van der Waals surface area contributed by atoms with Crippen LogP contribution in [0, 0.1) is 0 Å². The molecule has 1 heterocycles. The molecule has 2 N–H and O–H groups in total. The molecule has 6 heteroatoms. The summed E-state index contributed by atoms with van der Waals surface area (Å²) in [6.45, 7) is 3.74. The largest absolute Gasteiger partial charge is 0.492 e. The Morgan fingerprint density at radius 1 is 1.22 bits per heavy atom. The van der Waals surface area contributed by atoms with Gasteiger partial charge in [0.05, 0.1) is 10.6 Å². The van der Waals surface area contributed by atoms with Gasteiger partial charge in [-0.15, -0.1) is 0 Å². The van der Waals surface area contributed by atoms with Crippen molar-refractivity contribution in [3.05, 3.63) is 29.1 Å². The van der Waals surface area contributed by atoms with Crippen LogP contribution in [0.4, 0.5) is 5.13 Å². The first-order valence-corrected chi connectivity index (χ1v) is 8.60. The highest BCUT2D eigenvalue weighted by Crippen LogP contribution is 2.35. The highest BCUT2D eigenvalue weighted by Gasteiger charge is 2.17. The molecule has 126 valence electrons. The maximum Gasteiger partial charge on any atom is 0.183 e. The summed E-state index contributed by atoms with van der Waals surface area (Å²) in [6.07, 6.45) is 0. The summed E-state index contributed by atoms with van der Waals surface area (Å²) in [5.74, 6) is 0.892. The number of benzene rings is 1. The minimum atomic E-state index is 0.264. The minimum Gasteiger partial charge on any atom is -0.492 e. The van der Waals surface area contributed by atoms with E-state index in [0.717, 1.165) is 28.7 Å². The Kier molecular flexibility index (Phi) is 6.38. The molecule has 0 bridgehead atoms. The zero-order valence-electron chi connectivity index (χ0n) is 14.5. The zero-order chi connectivity index (χ0) is 16.8. The number of rotatable bonds is 8. The average Bonchev–Trinajstić information content (AvgIpc) is 2.99. The fourth-order valence-electron chi connectivity index (χ4n) is 2.13. The van der Waals surface area contributed by atoms with Crippen LogP contribution in [0.5, 0.6) is 5.75 Å². The Labute approximate surface area is 142 Å². The molecule has 0 fully saturated rings. The average molecular weight is 334 g/mol. The lowest BCUT2D eigenvalue weighted by Gasteiger charge is -2.12. The first-order valence-electron chi connectivity index (χ1n) is 7.78. The molecule has 5 nitrogen and oxygen atoms in total. The van der Waals surface area contributed by atoms with E-state index in [1.807, 2.05) is 40.3 Å². The topological polar surface area (TPSA) is 49.4 Å². The van der Waals surface area contributed by atoms with Gasteiger partial charge in [0.25, 0.3) is 0 Å². The molecule has 2 rings (SSSR count). The number of hydrogen-bond acceptors (Lipinski definition) is 6. The van der Waals surface area contributed by atoms with E-state index in [-0.39, 0.29) is 6.04 Å². The predicted molar refractivity (Wildman–Crippen MR) is 98.6 cm³/mol. The van der Waals surface area contributed by atoms with Gasteiger partial charge in [0.15, 0.2) is 5.13 Å². The van der Waals surface area contributed by atoms with Crippen LogP contribution in [-0.2, 0) is 0 Å². The quantitative estimate of drug-likeness (QED) is 0.777. The number of nitrogens with zero attached hydrogens (tertiary/aromatic N) is 2. The molecule has 0 aliphatic rings. The van der Waals surface area contributed by atoms with Crippen molar-refractivity contribution < 1.29 is 4.74 Å².